The molecule has 1 atom stereocenters. The van der Waals surface area contributed by atoms with Crippen LogP contribution in [0.4, 0.5) is 4.39 Å². The second kappa shape index (κ2) is 6.12. The Hall–Kier alpha value is -1.47. The van der Waals surface area contributed by atoms with E-state index in [2.05, 4.69) is 0 Å². The average Bonchev–Trinajstić information content (AvgIpc) is 2.28. The van der Waals surface area contributed by atoms with Crippen LogP contribution in [0, 0.1) is 5.82 Å². The van der Waals surface area contributed by atoms with Crippen molar-refractivity contribution in [2.45, 2.75) is 19.9 Å². The highest BCUT2D eigenvalue weighted by Gasteiger charge is 2.28. The molecule has 5 nitrogen and oxygen atoms in total. The summed E-state index contributed by atoms with van der Waals surface area (Å²) in [6.07, 6.45) is 0. The number of carboxylic acids is 1. The number of hydrogen-bond donors (Lipinski definition) is 1. The van der Waals surface area contributed by atoms with Crippen LogP contribution in [0.2, 0.25) is 0 Å². The normalized spacial score (nSPS) is 13.5. The second-order valence-corrected chi connectivity index (χ2v) is 6.00. The van der Waals surface area contributed by atoms with Crippen LogP contribution in [0.3, 0.4) is 0 Å². The molecule has 0 saturated heterocycles. The summed E-state index contributed by atoms with van der Waals surface area (Å²) in [5.74, 6) is -2.76. The van der Waals surface area contributed by atoms with Crippen molar-refractivity contribution in [3.8, 4) is 0 Å². The fourth-order valence-electron chi connectivity index (χ4n) is 1.86. The molecule has 0 radical (unpaired) electrons. The van der Waals surface area contributed by atoms with Gasteiger partial charge in [0.15, 0.2) is 5.75 Å². The number of carboxylic acid groups (broad SMARTS) is 1. The molecule has 1 rings (SSSR count). The molecule has 7 heteroatoms. The number of hydrogen-bond acceptors (Lipinski definition) is 3. The van der Waals surface area contributed by atoms with Gasteiger partial charge in [0.25, 0.3) is 0 Å². The van der Waals surface area contributed by atoms with E-state index >= 15 is 0 Å². The first-order chi connectivity index (χ1) is 8.77. The van der Waals surface area contributed by atoms with Gasteiger partial charge in [-0.2, -0.15) is 4.31 Å². The Kier molecular flexibility index (Phi) is 5.02. The Labute approximate surface area is 111 Å². The zero-order valence-electron chi connectivity index (χ0n) is 10.7. The lowest BCUT2D eigenvalue weighted by atomic mass is 10.1. The minimum Gasteiger partial charge on any atom is -0.480 e. The number of halogens is 1. The monoisotopic (exact) mass is 289 g/mol. The molecule has 19 heavy (non-hydrogen) atoms. The summed E-state index contributed by atoms with van der Waals surface area (Å²) >= 11 is 0. The van der Waals surface area contributed by atoms with Crippen LogP contribution in [0.15, 0.2) is 24.3 Å². The Morgan fingerprint density at radius 1 is 1.37 bits per heavy atom. The van der Waals surface area contributed by atoms with Gasteiger partial charge in [0, 0.05) is 12.6 Å². The fourth-order valence-corrected chi connectivity index (χ4v) is 3.33. The maximum atomic E-state index is 12.8. The Bertz CT molecular complexity index is 541. The third-order valence-corrected chi connectivity index (χ3v) is 4.66. The van der Waals surface area contributed by atoms with Crippen LogP contribution < -0.4 is 0 Å². The van der Waals surface area contributed by atoms with Crippen molar-refractivity contribution in [3.05, 3.63) is 35.6 Å². The Balaban J connectivity index is 3.03. The van der Waals surface area contributed by atoms with Gasteiger partial charge in [0.2, 0.25) is 10.0 Å². The van der Waals surface area contributed by atoms with Gasteiger partial charge in [-0.25, -0.2) is 12.8 Å². The van der Waals surface area contributed by atoms with Gasteiger partial charge in [-0.05, 0) is 24.6 Å². The largest absolute Gasteiger partial charge is 0.480 e. The molecular formula is C12H16FNO4S. The zero-order chi connectivity index (χ0) is 14.6. The van der Waals surface area contributed by atoms with E-state index in [4.69, 9.17) is 5.11 Å². The number of sulfonamides is 1. The molecule has 0 aromatic heterocycles. The average molecular weight is 289 g/mol. The van der Waals surface area contributed by atoms with Crippen molar-refractivity contribution in [2.24, 2.45) is 0 Å². The summed E-state index contributed by atoms with van der Waals surface area (Å²) in [5.41, 5.74) is 0.609. The first-order valence-electron chi connectivity index (χ1n) is 5.74. The molecule has 1 aromatic rings. The van der Waals surface area contributed by atoms with Crippen molar-refractivity contribution in [3.63, 3.8) is 0 Å². The molecule has 0 fully saturated rings. The summed E-state index contributed by atoms with van der Waals surface area (Å²) in [4.78, 5) is 10.6. The number of rotatable bonds is 6. The topological polar surface area (TPSA) is 74.7 Å². The summed E-state index contributed by atoms with van der Waals surface area (Å²) in [7, 11) is -3.89. The molecule has 0 aliphatic rings. The molecule has 0 aliphatic carbocycles. The van der Waals surface area contributed by atoms with Crippen LogP contribution in [0.1, 0.15) is 25.5 Å². The minimum absolute atomic E-state index is 0.147. The molecule has 0 amide bonds. The minimum atomic E-state index is -3.89. The van der Waals surface area contributed by atoms with E-state index < -0.39 is 33.6 Å². The fraction of sp³-hybridized carbons (Fsp3) is 0.417. The van der Waals surface area contributed by atoms with Crippen LogP contribution in [-0.4, -0.2) is 36.1 Å². The van der Waals surface area contributed by atoms with Gasteiger partial charge in [-0.3, -0.25) is 4.79 Å². The Morgan fingerprint density at radius 3 is 2.32 bits per heavy atom. The first-order valence-corrected chi connectivity index (χ1v) is 7.35. The van der Waals surface area contributed by atoms with Crippen LogP contribution >= 0.6 is 0 Å². The molecule has 1 aromatic carbocycles. The smallest absolute Gasteiger partial charge is 0.320 e. The molecule has 0 spiro atoms. The van der Waals surface area contributed by atoms with Crippen molar-refractivity contribution in [2.75, 3.05) is 12.3 Å². The van der Waals surface area contributed by atoms with Crippen LogP contribution in [-0.2, 0) is 14.8 Å². The SMILES string of the molecule is CCN(C(C)c1ccc(F)cc1)S(=O)(=O)CC(=O)O. The van der Waals surface area contributed by atoms with Gasteiger partial charge in [-0.1, -0.05) is 19.1 Å². The van der Waals surface area contributed by atoms with Crippen molar-refractivity contribution in [1.82, 2.24) is 4.31 Å². The second-order valence-electron chi connectivity index (χ2n) is 4.08. The number of carbonyl (C=O) groups is 1. The van der Waals surface area contributed by atoms with Crippen LogP contribution in [0.5, 0.6) is 0 Å². The van der Waals surface area contributed by atoms with E-state index in [9.17, 15) is 17.6 Å². The standard InChI is InChI=1S/C12H16FNO4S/c1-3-14(19(17,18)8-12(15)16)9(2)10-4-6-11(13)7-5-10/h4-7,9H,3,8H2,1-2H3,(H,15,16). The van der Waals surface area contributed by atoms with Gasteiger partial charge in [0.1, 0.15) is 5.82 Å². The third kappa shape index (κ3) is 4.00. The molecule has 1 unspecified atom stereocenters. The van der Waals surface area contributed by atoms with E-state index in [-0.39, 0.29) is 6.54 Å². The van der Waals surface area contributed by atoms with E-state index in [0.29, 0.717) is 5.56 Å². The Morgan fingerprint density at radius 2 is 1.89 bits per heavy atom. The van der Waals surface area contributed by atoms with Crippen molar-refractivity contribution in [1.29, 1.82) is 0 Å². The molecule has 0 saturated carbocycles. The van der Waals surface area contributed by atoms with E-state index in [1.165, 1.54) is 24.3 Å². The molecule has 0 heterocycles. The van der Waals surface area contributed by atoms with Gasteiger partial charge < -0.3 is 5.11 Å². The van der Waals surface area contributed by atoms with Gasteiger partial charge in [0.05, 0.1) is 0 Å². The summed E-state index contributed by atoms with van der Waals surface area (Å²) in [6, 6.07) is 4.90. The lowest BCUT2D eigenvalue weighted by Crippen LogP contribution is -2.37. The van der Waals surface area contributed by atoms with Gasteiger partial charge in [-0.15, -0.1) is 0 Å². The lowest BCUT2D eigenvalue weighted by Gasteiger charge is -2.26. The van der Waals surface area contributed by atoms with Crippen molar-refractivity contribution < 1.29 is 22.7 Å². The third-order valence-electron chi connectivity index (χ3n) is 2.76. The number of aliphatic carboxylic acids is 1. The molecule has 106 valence electrons. The number of nitrogens with zero attached hydrogens (tertiary/aromatic N) is 1. The van der Waals surface area contributed by atoms with E-state index in [1.807, 2.05) is 0 Å². The highest BCUT2D eigenvalue weighted by atomic mass is 32.2. The van der Waals surface area contributed by atoms with Crippen LogP contribution in [0.25, 0.3) is 0 Å². The highest BCUT2D eigenvalue weighted by molar-refractivity contribution is 7.89. The maximum Gasteiger partial charge on any atom is 0.320 e. The van der Waals surface area contributed by atoms with Crippen molar-refractivity contribution >= 4 is 16.0 Å². The number of benzene rings is 1. The van der Waals surface area contributed by atoms with E-state index in [0.717, 1.165) is 4.31 Å². The summed E-state index contributed by atoms with van der Waals surface area (Å²) in [6.45, 7) is 3.41. The predicted octanol–water partition coefficient (Wildman–Crippen LogP) is 1.62. The van der Waals surface area contributed by atoms with Gasteiger partial charge >= 0.3 is 5.97 Å². The van der Waals surface area contributed by atoms with E-state index in [1.54, 1.807) is 13.8 Å². The predicted molar refractivity (Wildman–Crippen MR) is 68.6 cm³/mol. The molecule has 0 aliphatic heterocycles. The summed E-state index contributed by atoms with van der Waals surface area (Å²) in [5, 5.41) is 8.63. The summed E-state index contributed by atoms with van der Waals surface area (Å²) < 4.78 is 37.8. The molecule has 0 bridgehead atoms. The molecular weight excluding hydrogens is 273 g/mol. The highest BCUT2D eigenvalue weighted by Crippen LogP contribution is 2.23. The zero-order valence-corrected chi connectivity index (χ0v) is 11.5. The maximum absolute atomic E-state index is 12.8. The molecule has 1 N–H and O–H groups in total. The quantitative estimate of drug-likeness (QED) is 0.863. The first kappa shape index (κ1) is 15.6. The lowest BCUT2D eigenvalue weighted by molar-refractivity contribution is -0.134.